The Morgan fingerprint density at radius 3 is 2.65 bits per heavy atom. The number of anilines is 1. The molecule has 0 aliphatic carbocycles. The van der Waals surface area contributed by atoms with Gasteiger partial charge in [0.05, 0.1) is 0 Å². The average Bonchev–Trinajstić information content (AvgIpc) is 2.98. The van der Waals surface area contributed by atoms with Crippen LogP contribution in [-0.4, -0.2) is 26.1 Å². The Bertz CT molecular complexity index is 828. The van der Waals surface area contributed by atoms with Gasteiger partial charge in [-0.15, -0.1) is 10.2 Å². The van der Waals surface area contributed by atoms with Crippen molar-refractivity contribution in [3.8, 4) is 11.4 Å². The van der Waals surface area contributed by atoms with Gasteiger partial charge in [-0.25, -0.2) is 0 Å². The first-order valence-corrected chi connectivity index (χ1v) is 8.09. The first kappa shape index (κ1) is 15.6. The van der Waals surface area contributed by atoms with Crippen LogP contribution in [0.4, 0.5) is 5.69 Å². The van der Waals surface area contributed by atoms with Crippen LogP contribution in [0.5, 0.6) is 0 Å². The van der Waals surface area contributed by atoms with E-state index in [1.807, 2.05) is 55.5 Å². The molecule has 0 bridgehead atoms. The molecule has 0 saturated carbocycles. The van der Waals surface area contributed by atoms with Crippen molar-refractivity contribution in [2.45, 2.75) is 13.5 Å². The van der Waals surface area contributed by atoms with Gasteiger partial charge in [0.2, 0.25) is 11.7 Å². The van der Waals surface area contributed by atoms with E-state index < -0.39 is 0 Å². The molecule has 0 atom stereocenters. The number of carbonyl (C=O) groups is 1. The van der Waals surface area contributed by atoms with E-state index in [-0.39, 0.29) is 12.5 Å². The number of tetrazole rings is 1. The van der Waals surface area contributed by atoms with Crippen molar-refractivity contribution in [1.29, 1.82) is 0 Å². The smallest absolute Gasteiger partial charge is 0.248 e. The highest BCUT2D eigenvalue weighted by atomic mass is 127. The van der Waals surface area contributed by atoms with Gasteiger partial charge in [-0.3, -0.25) is 4.79 Å². The fourth-order valence-electron chi connectivity index (χ4n) is 2.10. The van der Waals surface area contributed by atoms with Crippen LogP contribution < -0.4 is 5.32 Å². The van der Waals surface area contributed by atoms with E-state index in [9.17, 15) is 4.79 Å². The third-order valence-electron chi connectivity index (χ3n) is 3.25. The lowest BCUT2D eigenvalue weighted by Crippen LogP contribution is -2.20. The summed E-state index contributed by atoms with van der Waals surface area (Å²) in [4.78, 5) is 13.3. The van der Waals surface area contributed by atoms with E-state index in [0.29, 0.717) is 5.82 Å². The molecule has 0 radical (unpaired) electrons. The van der Waals surface area contributed by atoms with Crippen LogP contribution in [0.1, 0.15) is 5.56 Å². The molecule has 2 aromatic carbocycles. The van der Waals surface area contributed by atoms with Crippen LogP contribution >= 0.6 is 22.6 Å². The molecule has 1 N–H and O–H groups in total. The summed E-state index contributed by atoms with van der Waals surface area (Å²) in [5, 5.41) is 15.0. The number of amides is 1. The van der Waals surface area contributed by atoms with Gasteiger partial charge in [-0.1, -0.05) is 24.3 Å². The Hall–Kier alpha value is -2.29. The van der Waals surface area contributed by atoms with Gasteiger partial charge in [0.1, 0.15) is 6.54 Å². The predicted octanol–water partition coefficient (Wildman–Crippen LogP) is 2.89. The van der Waals surface area contributed by atoms with Gasteiger partial charge in [-0.2, -0.15) is 4.80 Å². The van der Waals surface area contributed by atoms with Crippen molar-refractivity contribution in [2.24, 2.45) is 0 Å². The molecular weight excluding hydrogens is 405 g/mol. The molecule has 1 amide bonds. The van der Waals surface area contributed by atoms with Gasteiger partial charge in [-0.05, 0) is 64.6 Å². The van der Waals surface area contributed by atoms with Crippen molar-refractivity contribution >= 4 is 34.2 Å². The van der Waals surface area contributed by atoms with Crippen molar-refractivity contribution < 1.29 is 4.79 Å². The van der Waals surface area contributed by atoms with Gasteiger partial charge in [0.25, 0.3) is 0 Å². The van der Waals surface area contributed by atoms with E-state index >= 15 is 0 Å². The number of hydrogen-bond acceptors (Lipinski definition) is 4. The summed E-state index contributed by atoms with van der Waals surface area (Å²) < 4.78 is 1.11. The molecule has 0 unspecified atom stereocenters. The number of halogens is 1. The molecule has 6 nitrogen and oxygen atoms in total. The molecule has 0 spiro atoms. The Morgan fingerprint density at radius 2 is 1.91 bits per heavy atom. The molecule has 0 aliphatic heterocycles. The van der Waals surface area contributed by atoms with Crippen molar-refractivity contribution in [3.63, 3.8) is 0 Å². The van der Waals surface area contributed by atoms with Gasteiger partial charge < -0.3 is 5.32 Å². The molecule has 3 rings (SSSR count). The zero-order valence-corrected chi connectivity index (χ0v) is 14.6. The third-order valence-corrected chi connectivity index (χ3v) is 3.97. The van der Waals surface area contributed by atoms with Crippen molar-refractivity contribution in [1.82, 2.24) is 20.2 Å². The molecule has 1 heterocycles. The maximum Gasteiger partial charge on any atom is 0.248 e. The van der Waals surface area contributed by atoms with Gasteiger partial charge in [0, 0.05) is 14.8 Å². The second-order valence-corrected chi connectivity index (χ2v) is 6.26. The van der Waals surface area contributed by atoms with E-state index in [0.717, 1.165) is 20.4 Å². The monoisotopic (exact) mass is 419 g/mol. The van der Waals surface area contributed by atoms with Crippen LogP contribution in [-0.2, 0) is 11.3 Å². The molecule has 116 valence electrons. The van der Waals surface area contributed by atoms with Crippen LogP contribution in [0, 0.1) is 10.5 Å². The number of rotatable bonds is 4. The van der Waals surface area contributed by atoms with Gasteiger partial charge >= 0.3 is 0 Å². The Morgan fingerprint density at radius 1 is 1.17 bits per heavy atom. The zero-order chi connectivity index (χ0) is 16.2. The molecule has 0 aliphatic rings. The summed E-state index contributed by atoms with van der Waals surface area (Å²) >= 11 is 2.21. The minimum Gasteiger partial charge on any atom is -0.324 e. The largest absolute Gasteiger partial charge is 0.324 e. The Kier molecular flexibility index (Phi) is 4.65. The van der Waals surface area contributed by atoms with E-state index in [4.69, 9.17) is 0 Å². The predicted molar refractivity (Wildman–Crippen MR) is 95.8 cm³/mol. The summed E-state index contributed by atoms with van der Waals surface area (Å²) in [6.45, 7) is 2.00. The molecule has 0 saturated heterocycles. The van der Waals surface area contributed by atoms with Crippen LogP contribution in [0.2, 0.25) is 0 Å². The summed E-state index contributed by atoms with van der Waals surface area (Å²) in [5.41, 5.74) is 2.72. The molecular formula is C16H14IN5O. The summed E-state index contributed by atoms with van der Waals surface area (Å²) in [6.07, 6.45) is 0. The highest BCUT2D eigenvalue weighted by molar-refractivity contribution is 14.1. The van der Waals surface area contributed by atoms with E-state index in [2.05, 4.69) is 43.3 Å². The fourth-order valence-corrected chi connectivity index (χ4v) is 2.46. The molecule has 1 aromatic heterocycles. The standard InChI is InChI=1S/C16H14IN5O/c1-11-4-2-3-5-14(11)16-19-21-22(20-16)10-15(23)18-13-8-6-12(17)7-9-13/h2-9H,10H2,1H3,(H,18,23). The average molecular weight is 419 g/mol. The minimum absolute atomic E-state index is 0.0187. The summed E-state index contributed by atoms with van der Waals surface area (Å²) in [7, 11) is 0. The molecule has 3 aromatic rings. The van der Waals surface area contributed by atoms with Crippen LogP contribution in [0.3, 0.4) is 0 Å². The molecule has 23 heavy (non-hydrogen) atoms. The molecule has 7 heteroatoms. The number of carbonyl (C=O) groups excluding carboxylic acids is 1. The Balaban J connectivity index is 1.68. The van der Waals surface area contributed by atoms with Crippen LogP contribution in [0.15, 0.2) is 48.5 Å². The van der Waals surface area contributed by atoms with E-state index in [1.54, 1.807) is 0 Å². The normalized spacial score (nSPS) is 10.5. The number of nitrogens with zero attached hydrogens (tertiary/aromatic N) is 4. The third kappa shape index (κ3) is 3.92. The first-order valence-electron chi connectivity index (χ1n) is 7.01. The maximum absolute atomic E-state index is 12.0. The molecule has 0 fully saturated rings. The minimum atomic E-state index is -0.194. The maximum atomic E-state index is 12.0. The van der Waals surface area contributed by atoms with E-state index in [1.165, 1.54) is 4.80 Å². The summed E-state index contributed by atoms with van der Waals surface area (Å²) in [5.74, 6) is 0.324. The topological polar surface area (TPSA) is 72.7 Å². The lowest BCUT2D eigenvalue weighted by molar-refractivity contribution is -0.117. The second kappa shape index (κ2) is 6.86. The number of benzene rings is 2. The van der Waals surface area contributed by atoms with Crippen LogP contribution in [0.25, 0.3) is 11.4 Å². The second-order valence-electron chi connectivity index (χ2n) is 5.01. The lowest BCUT2D eigenvalue weighted by Gasteiger charge is -2.04. The first-order chi connectivity index (χ1) is 11.1. The zero-order valence-electron chi connectivity index (χ0n) is 12.4. The fraction of sp³-hybridized carbons (Fsp3) is 0.125. The quantitative estimate of drug-likeness (QED) is 0.661. The number of aryl methyl sites for hydroxylation is 1. The lowest BCUT2D eigenvalue weighted by atomic mass is 10.1. The number of hydrogen-bond donors (Lipinski definition) is 1. The number of aromatic nitrogens is 4. The Labute approximate surface area is 147 Å². The SMILES string of the molecule is Cc1ccccc1-c1nnn(CC(=O)Nc2ccc(I)cc2)n1. The number of nitrogens with one attached hydrogen (secondary N) is 1. The highest BCUT2D eigenvalue weighted by Gasteiger charge is 2.10. The van der Waals surface area contributed by atoms with Crippen molar-refractivity contribution in [3.05, 3.63) is 57.7 Å². The summed E-state index contributed by atoms with van der Waals surface area (Å²) in [6, 6.07) is 15.4. The van der Waals surface area contributed by atoms with Gasteiger partial charge in [0.15, 0.2) is 0 Å². The highest BCUT2D eigenvalue weighted by Crippen LogP contribution is 2.17. The van der Waals surface area contributed by atoms with Crippen molar-refractivity contribution in [2.75, 3.05) is 5.32 Å².